The van der Waals surface area contributed by atoms with Crippen LogP contribution in [0.25, 0.3) is 0 Å². The number of benzene rings is 1. The van der Waals surface area contributed by atoms with Gasteiger partial charge >= 0.3 is 12.5 Å². The van der Waals surface area contributed by atoms with Crippen LogP contribution in [0.4, 0.5) is 29.3 Å². The number of ether oxygens (including phenoxy) is 1. The molecule has 1 aromatic carbocycles. The molecule has 2 amide bonds. The number of anilines is 2. The number of hydrogen-bond acceptors (Lipinski definition) is 6. The van der Waals surface area contributed by atoms with Crippen molar-refractivity contribution in [3.05, 3.63) is 24.0 Å². The number of hydrazine groups is 1. The summed E-state index contributed by atoms with van der Waals surface area (Å²) in [5.74, 6) is -1.86. The third-order valence-electron chi connectivity index (χ3n) is 5.90. The van der Waals surface area contributed by atoms with Crippen LogP contribution < -0.4 is 15.1 Å². The van der Waals surface area contributed by atoms with Crippen molar-refractivity contribution in [2.75, 3.05) is 62.2 Å². The van der Waals surface area contributed by atoms with Crippen molar-refractivity contribution in [3.8, 4) is 0 Å². The molecule has 4 rings (SSSR count). The Balaban J connectivity index is 0.00000289. The van der Waals surface area contributed by atoms with Gasteiger partial charge in [0.05, 0.1) is 24.5 Å². The normalized spacial score (nSPS) is 23.0. The van der Waals surface area contributed by atoms with E-state index in [9.17, 15) is 22.8 Å². The highest BCUT2D eigenvalue weighted by atomic mass is 19.3. The molecule has 8 nitrogen and oxygen atoms in total. The Labute approximate surface area is 180 Å². The van der Waals surface area contributed by atoms with Gasteiger partial charge in [-0.3, -0.25) is 9.69 Å². The first-order valence-electron chi connectivity index (χ1n) is 10.5. The van der Waals surface area contributed by atoms with Crippen LogP contribution in [0.2, 0.25) is 0 Å². The minimum atomic E-state index is -3.13. The topological polar surface area (TPSA) is 68.4 Å². The largest absolute Gasteiger partial charge is 0.442 e. The number of cyclic esters (lactones) is 1. The summed E-state index contributed by atoms with van der Waals surface area (Å²) in [5.41, 5.74) is 0.808. The van der Waals surface area contributed by atoms with Gasteiger partial charge in [-0.25, -0.2) is 19.2 Å². The van der Waals surface area contributed by atoms with E-state index in [4.69, 9.17) is 4.74 Å². The zero-order valence-electron chi connectivity index (χ0n) is 17.1. The summed E-state index contributed by atoms with van der Waals surface area (Å²) >= 11 is 0. The van der Waals surface area contributed by atoms with Gasteiger partial charge in [-0.05, 0) is 31.0 Å². The molecule has 1 atom stereocenters. The Kier molecular flexibility index (Phi) is 6.51. The smallest absolute Gasteiger partial charge is 0.414 e. The molecule has 11 heteroatoms. The minimum absolute atomic E-state index is 0. The van der Waals surface area contributed by atoms with Gasteiger partial charge in [-0.1, -0.05) is 0 Å². The fourth-order valence-electron chi connectivity index (χ4n) is 4.25. The number of nitrogens with one attached hydrogen (secondary N) is 1. The Hall–Kier alpha value is -2.53. The Bertz CT molecular complexity index is 818. The Morgan fingerprint density at radius 3 is 2.42 bits per heavy atom. The van der Waals surface area contributed by atoms with Crippen LogP contribution in [0.15, 0.2) is 18.2 Å². The van der Waals surface area contributed by atoms with Crippen molar-refractivity contribution in [1.29, 1.82) is 0 Å². The lowest BCUT2D eigenvalue weighted by molar-refractivity contribution is -0.132. The molecular formula is C20H28F3N5O3. The van der Waals surface area contributed by atoms with Gasteiger partial charge in [0.1, 0.15) is 11.9 Å². The average Bonchev–Trinajstić information content (AvgIpc) is 2.99. The quantitative estimate of drug-likeness (QED) is 0.750. The first-order chi connectivity index (χ1) is 14.9. The molecule has 0 unspecified atom stereocenters. The number of nitrogens with zero attached hydrogens (tertiary/aromatic N) is 4. The standard InChI is InChI=1S/C20H26F3N5O3.H2/c21-16-11-14(28-13-15(31-20(28)30)12-24-19(29)18(22)23)3-4-17(16)25-7-9-26-5-1-2-6-27(26)10-8-25;/h3-4,11,15,18H,1-2,5-10,12-13H2,(H,24,29);1H/t15-;/m0./s1. The highest BCUT2D eigenvalue weighted by Crippen LogP contribution is 2.29. The van der Waals surface area contributed by atoms with Gasteiger partial charge in [0.2, 0.25) is 0 Å². The number of amides is 2. The number of carbonyl (C=O) groups is 2. The van der Waals surface area contributed by atoms with Crippen LogP contribution in [-0.4, -0.2) is 86.9 Å². The predicted octanol–water partition coefficient (Wildman–Crippen LogP) is 1.91. The first-order valence-corrected chi connectivity index (χ1v) is 10.5. The molecule has 3 fully saturated rings. The molecule has 1 aromatic rings. The molecule has 31 heavy (non-hydrogen) atoms. The maximum Gasteiger partial charge on any atom is 0.414 e. The van der Waals surface area contributed by atoms with Crippen LogP contribution >= 0.6 is 0 Å². The summed E-state index contributed by atoms with van der Waals surface area (Å²) in [4.78, 5) is 26.4. The summed E-state index contributed by atoms with van der Waals surface area (Å²) in [6.07, 6.45) is -2.26. The number of carbonyl (C=O) groups excluding carboxylic acids is 2. The van der Waals surface area contributed by atoms with Crippen molar-refractivity contribution < 1.29 is 28.9 Å². The molecule has 3 heterocycles. The number of alkyl halides is 2. The van der Waals surface area contributed by atoms with E-state index in [0.29, 0.717) is 24.5 Å². The molecule has 0 spiro atoms. The monoisotopic (exact) mass is 443 g/mol. The van der Waals surface area contributed by atoms with E-state index in [-0.39, 0.29) is 14.5 Å². The maximum absolute atomic E-state index is 15.0. The van der Waals surface area contributed by atoms with Crippen molar-refractivity contribution >= 4 is 23.4 Å². The number of rotatable bonds is 5. The number of hydrogen-bond donors (Lipinski definition) is 1. The van der Waals surface area contributed by atoms with Crippen LogP contribution in [0.5, 0.6) is 0 Å². The average molecular weight is 443 g/mol. The zero-order chi connectivity index (χ0) is 22.0. The Morgan fingerprint density at radius 2 is 1.81 bits per heavy atom. The molecule has 172 valence electrons. The van der Waals surface area contributed by atoms with Crippen LogP contribution in [0.3, 0.4) is 0 Å². The van der Waals surface area contributed by atoms with Gasteiger partial charge in [0.25, 0.3) is 5.91 Å². The molecule has 0 bridgehead atoms. The molecule has 0 aromatic heterocycles. The maximum atomic E-state index is 15.0. The Morgan fingerprint density at radius 1 is 1.13 bits per heavy atom. The predicted molar refractivity (Wildman–Crippen MR) is 110 cm³/mol. The molecule has 3 aliphatic rings. The lowest BCUT2D eigenvalue weighted by atomic mass is 10.2. The third kappa shape index (κ3) is 4.87. The van der Waals surface area contributed by atoms with Gasteiger partial charge in [-0.15, -0.1) is 0 Å². The van der Waals surface area contributed by atoms with E-state index in [0.717, 1.165) is 26.2 Å². The van der Waals surface area contributed by atoms with Crippen molar-refractivity contribution in [2.45, 2.75) is 25.4 Å². The number of halogens is 3. The fraction of sp³-hybridized carbons (Fsp3) is 0.600. The van der Waals surface area contributed by atoms with E-state index >= 15 is 0 Å². The summed E-state index contributed by atoms with van der Waals surface area (Å²) in [6, 6.07) is 4.59. The molecule has 3 aliphatic heterocycles. The lowest BCUT2D eigenvalue weighted by Crippen LogP contribution is -2.47. The molecule has 3 saturated heterocycles. The zero-order valence-corrected chi connectivity index (χ0v) is 17.1. The van der Waals surface area contributed by atoms with E-state index in [2.05, 4.69) is 10.0 Å². The van der Waals surface area contributed by atoms with Crippen LogP contribution in [-0.2, 0) is 9.53 Å². The van der Waals surface area contributed by atoms with E-state index < -0.39 is 30.3 Å². The SMILES string of the molecule is O=C(NC[C@H]1CN(c2ccc(N3CCN4CCCCN4CC3)c(F)c2)C(=O)O1)C(F)F.[HH]. The number of fused-ring (bicyclic) bond motifs is 1. The molecule has 0 aliphatic carbocycles. The van der Waals surface area contributed by atoms with E-state index in [1.54, 1.807) is 12.1 Å². The molecule has 0 radical (unpaired) electrons. The second-order valence-corrected chi connectivity index (χ2v) is 7.90. The first kappa shape index (κ1) is 21.7. The second-order valence-electron chi connectivity index (χ2n) is 7.90. The molecular weight excluding hydrogens is 415 g/mol. The minimum Gasteiger partial charge on any atom is -0.442 e. The van der Waals surface area contributed by atoms with Crippen molar-refractivity contribution in [3.63, 3.8) is 0 Å². The van der Waals surface area contributed by atoms with Gasteiger partial charge in [-0.2, -0.15) is 8.78 Å². The van der Waals surface area contributed by atoms with E-state index in [1.807, 2.05) is 10.2 Å². The molecule has 1 N–H and O–H groups in total. The molecule has 0 saturated carbocycles. The fourth-order valence-corrected chi connectivity index (χ4v) is 4.25. The second kappa shape index (κ2) is 9.31. The van der Waals surface area contributed by atoms with Crippen molar-refractivity contribution in [2.24, 2.45) is 0 Å². The summed E-state index contributed by atoms with van der Waals surface area (Å²) in [7, 11) is 0. The van der Waals surface area contributed by atoms with Crippen LogP contribution in [0.1, 0.15) is 14.3 Å². The van der Waals surface area contributed by atoms with Gasteiger partial charge in [0.15, 0.2) is 0 Å². The summed E-state index contributed by atoms with van der Waals surface area (Å²) < 4.78 is 44.6. The summed E-state index contributed by atoms with van der Waals surface area (Å²) in [5, 5.41) is 6.70. The van der Waals surface area contributed by atoms with Gasteiger partial charge in [0, 0.05) is 40.7 Å². The lowest BCUT2D eigenvalue weighted by Gasteiger charge is -2.36. The summed E-state index contributed by atoms with van der Waals surface area (Å²) in [6.45, 7) is 4.98. The van der Waals surface area contributed by atoms with E-state index in [1.165, 1.54) is 23.8 Å². The van der Waals surface area contributed by atoms with Crippen LogP contribution in [0, 0.1) is 5.82 Å². The third-order valence-corrected chi connectivity index (χ3v) is 5.90. The highest BCUT2D eigenvalue weighted by molar-refractivity contribution is 5.90. The van der Waals surface area contributed by atoms with Gasteiger partial charge < -0.3 is 15.0 Å². The van der Waals surface area contributed by atoms with Crippen molar-refractivity contribution in [1.82, 2.24) is 15.3 Å². The highest BCUT2D eigenvalue weighted by Gasteiger charge is 2.34.